The Morgan fingerprint density at radius 1 is 0.781 bits per heavy atom. The SMILES string of the molecule is C[C@H]1CCCN1[C@H]1CCN(c2ccc3c(c2)CCN(c2cccc(N4CCCC4)n2)C3)C1. The van der Waals surface area contributed by atoms with Gasteiger partial charge in [0.1, 0.15) is 11.6 Å². The first-order valence-corrected chi connectivity index (χ1v) is 12.8. The van der Waals surface area contributed by atoms with Crippen LogP contribution in [0.4, 0.5) is 17.3 Å². The normalized spacial score (nSPS) is 26.2. The Kier molecular flexibility index (Phi) is 5.46. The maximum Gasteiger partial charge on any atom is 0.131 e. The van der Waals surface area contributed by atoms with E-state index in [0.29, 0.717) is 0 Å². The Labute approximate surface area is 193 Å². The molecule has 32 heavy (non-hydrogen) atoms. The van der Waals surface area contributed by atoms with Crippen molar-refractivity contribution in [3.8, 4) is 0 Å². The lowest BCUT2D eigenvalue weighted by molar-refractivity contribution is 0.204. The van der Waals surface area contributed by atoms with Crippen molar-refractivity contribution in [1.29, 1.82) is 0 Å². The van der Waals surface area contributed by atoms with E-state index < -0.39 is 0 Å². The van der Waals surface area contributed by atoms with E-state index in [1.807, 2.05) is 0 Å². The van der Waals surface area contributed by atoms with Crippen molar-refractivity contribution >= 4 is 17.3 Å². The molecule has 4 aliphatic heterocycles. The van der Waals surface area contributed by atoms with Gasteiger partial charge in [-0.2, -0.15) is 0 Å². The van der Waals surface area contributed by atoms with Gasteiger partial charge in [0.25, 0.3) is 0 Å². The van der Waals surface area contributed by atoms with Crippen LogP contribution < -0.4 is 14.7 Å². The first kappa shape index (κ1) is 20.3. The lowest BCUT2D eigenvalue weighted by atomic mass is 9.98. The van der Waals surface area contributed by atoms with Crippen molar-refractivity contribution in [2.45, 2.75) is 64.1 Å². The van der Waals surface area contributed by atoms with Crippen LogP contribution in [0.25, 0.3) is 0 Å². The molecule has 0 radical (unpaired) electrons. The van der Waals surface area contributed by atoms with Gasteiger partial charge < -0.3 is 14.7 Å². The van der Waals surface area contributed by atoms with Crippen molar-refractivity contribution in [2.24, 2.45) is 0 Å². The molecule has 6 rings (SSSR count). The minimum Gasteiger partial charge on any atom is -0.370 e. The summed E-state index contributed by atoms with van der Waals surface area (Å²) >= 11 is 0. The summed E-state index contributed by atoms with van der Waals surface area (Å²) in [5.74, 6) is 2.28. The maximum absolute atomic E-state index is 5.02. The van der Waals surface area contributed by atoms with Crippen LogP contribution in [0.1, 0.15) is 50.2 Å². The molecule has 0 aliphatic carbocycles. The number of aromatic nitrogens is 1. The number of pyridine rings is 1. The monoisotopic (exact) mass is 431 g/mol. The van der Waals surface area contributed by atoms with Gasteiger partial charge in [-0.3, -0.25) is 4.90 Å². The number of rotatable bonds is 4. The van der Waals surface area contributed by atoms with Crippen LogP contribution in [0.3, 0.4) is 0 Å². The predicted molar refractivity (Wildman–Crippen MR) is 133 cm³/mol. The number of anilines is 3. The topological polar surface area (TPSA) is 25.9 Å². The molecule has 0 amide bonds. The van der Waals surface area contributed by atoms with Crippen LogP contribution in [0, 0.1) is 0 Å². The molecule has 0 saturated carbocycles. The van der Waals surface area contributed by atoms with Gasteiger partial charge in [-0.1, -0.05) is 12.1 Å². The molecular formula is C27H37N5. The van der Waals surface area contributed by atoms with Crippen LogP contribution in [-0.2, 0) is 13.0 Å². The van der Waals surface area contributed by atoms with Crippen LogP contribution in [0.2, 0.25) is 0 Å². The van der Waals surface area contributed by atoms with E-state index in [4.69, 9.17) is 4.98 Å². The zero-order chi connectivity index (χ0) is 21.5. The smallest absolute Gasteiger partial charge is 0.131 e. The molecule has 0 spiro atoms. The average molecular weight is 432 g/mol. The Balaban J connectivity index is 1.14. The highest BCUT2D eigenvalue weighted by Crippen LogP contribution is 2.32. The van der Waals surface area contributed by atoms with Gasteiger partial charge in [0.05, 0.1) is 0 Å². The summed E-state index contributed by atoms with van der Waals surface area (Å²) in [4.78, 5) is 15.3. The minimum absolute atomic E-state index is 0.744. The number of benzene rings is 1. The van der Waals surface area contributed by atoms with Gasteiger partial charge in [0.2, 0.25) is 0 Å². The van der Waals surface area contributed by atoms with E-state index in [2.05, 4.69) is 62.9 Å². The molecule has 0 unspecified atom stereocenters. The number of fused-ring (bicyclic) bond motifs is 1. The molecule has 3 fully saturated rings. The highest BCUT2D eigenvalue weighted by atomic mass is 15.3. The lowest BCUT2D eigenvalue weighted by Gasteiger charge is -2.32. The molecule has 1 aromatic carbocycles. The summed E-state index contributed by atoms with van der Waals surface area (Å²) in [6.45, 7) is 10.4. The molecule has 5 heterocycles. The van der Waals surface area contributed by atoms with E-state index in [1.54, 1.807) is 0 Å². The molecule has 5 nitrogen and oxygen atoms in total. The molecule has 2 atom stereocenters. The van der Waals surface area contributed by atoms with E-state index in [9.17, 15) is 0 Å². The number of nitrogens with zero attached hydrogens (tertiary/aromatic N) is 5. The Morgan fingerprint density at radius 2 is 1.62 bits per heavy atom. The first-order valence-electron chi connectivity index (χ1n) is 12.8. The maximum atomic E-state index is 5.02. The molecule has 1 aromatic heterocycles. The summed E-state index contributed by atoms with van der Waals surface area (Å²) in [6, 6.07) is 15.3. The summed E-state index contributed by atoms with van der Waals surface area (Å²) < 4.78 is 0. The van der Waals surface area contributed by atoms with Gasteiger partial charge >= 0.3 is 0 Å². The number of hydrogen-bond acceptors (Lipinski definition) is 5. The van der Waals surface area contributed by atoms with Gasteiger partial charge in [0, 0.05) is 57.0 Å². The van der Waals surface area contributed by atoms with E-state index in [0.717, 1.165) is 56.3 Å². The number of likely N-dealkylation sites (tertiary alicyclic amines) is 1. The van der Waals surface area contributed by atoms with E-state index >= 15 is 0 Å². The molecule has 5 heteroatoms. The third kappa shape index (κ3) is 3.85. The summed E-state index contributed by atoms with van der Waals surface area (Å²) in [6.07, 6.45) is 7.76. The van der Waals surface area contributed by atoms with E-state index in [1.165, 1.54) is 68.6 Å². The summed E-state index contributed by atoms with van der Waals surface area (Å²) in [7, 11) is 0. The Bertz CT molecular complexity index is 953. The molecule has 0 N–H and O–H groups in total. The molecule has 4 aliphatic rings. The molecule has 3 saturated heterocycles. The number of hydrogen-bond donors (Lipinski definition) is 0. The van der Waals surface area contributed by atoms with Crippen molar-refractivity contribution in [3.05, 3.63) is 47.5 Å². The Hall–Kier alpha value is -2.27. The first-order chi connectivity index (χ1) is 15.7. The van der Waals surface area contributed by atoms with Crippen LogP contribution in [0.15, 0.2) is 36.4 Å². The molecule has 170 valence electrons. The second kappa shape index (κ2) is 8.58. The van der Waals surface area contributed by atoms with Gasteiger partial charge in [0.15, 0.2) is 0 Å². The fraction of sp³-hybridized carbons (Fsp3) is 0.593. The second-order valence-corrected chi connectivity index (χ2v) is 10.3. The van der Waals surface area contributed by atoms with Crippen LogP contribution in [0.5, 0.6) is 0 Å². The molecular weight excluding hydrogens is 394 g/mol. The zero-order valence-corrected chi connectivity index (χ0v) is 19.5. The fourth-order valence-corrected chi connectivity index (χ4v) is 6.39. The highest BCUT2D eigenvalue weighted by molar-refractivity contribution is 5.56. The van der Waals surface area contributed by atoms with Crippen molar-refractivity contribution in [1.82, 2.24) is 9.88 Å². The van der Waals surface area contributed by atoms with Crippen LogP contribution in [-0.4, -0.2) is 61.2 Å². The predicted octanol–water partition coefficient (Wildman–Crippen LogP) is 4.31. The summed E-state index contributed by atoms with van der Waals surface area (Å²) in [5.41, 5.74) is 4.44. The Morgan fingerprint density at radius 3 is 2.44 bits per heavy atom. The molecule has 2 aromatic rings. The third-order valence-electron chi connectivity index (χ3n) is 8.28. The van der Waals surface area contributed by atoms with Gasteiger partial charge in [-0.15, -0.1) is 0 Å². The fourth-order valence-electron chi connectivity index (χ4n) is 6.39. The molecule has 0 bridgehead atoms. The van der Waals surface area contributed by atoms with E-state index in [-0.39, 0.29) is 0 Å². The quantitative estimate of drug-likeness (QED) is 0.719. The van der Waals surface area contributed by atoms with Crippen molar-refractivity contribution in [3.63, 3.8) is 0 Å². The summed E-state index contributed by atoms with van der Waals surface area (Å²) in [5, 5.41) is 0. The zero-order valence-electron chi connectivity index (χ0n) is 19.5. The average Bonchev–Trinajstić information content (AvgIpc) is 3.60. The largest absolute Gasteiger partial charge is 0.370 e. The van der Waals surface area contributed by atoms with Crippen molar-refractivity contribution in [2.75, 3.05) is 54.0 Å². The highest BCUT2D eigenvalue weighted by Gasteiger charge is 2.33. The van der Waals surface area contributed by atoms with Crippen molar-refractivity contribution < 1.29 is 0 Å². The van der Waals surface area contributed by atoms with Gasteiger partial charge in [-0.05, 0) is 87.4 Å². The third-order valence-corrected chi connectivity index (χ3v) is 8.28. The van der Waals surface area contributed by atoms with Gasteiger partial charge in [-0.25, -0.2) is 4.98 Å². The second-order valence-electron chi connectivity index (χ2n) is 10.3. The lowest BCUT2D eigenvalue weighted by Crippen LogP contribution is -2.39. The van der Waals surface area contributed by atoms with Crippen LogP contribution >= 0.6 is 0 Å². The minimum atomic E-state index is 0.744. The standard InChI is InChI=1S/C27H37N5/c1-21-6-5-15-32(21)25-12-17-30(20-25)24-10-9-23-19-31(16-11-22(23)18-24)27-8-4-7-26(28-27)29-13-2-3-14-29/h4,7-10,18,21,25H,2-3,5-6,11-17,19-20H2,1H3/t21-,25-/m0/s1.